The maximum absolute atomic E-state index is 9.95. The molecule has 0 amide bonds. The first-order valence-electron chi connectivity index (χ1n) is 5.98. The maximum atomic E-state index is 9.95. The maximum Gasteiger partial charge on any atom is 0.108 e. The summed E-state index contributed by atoms with van der Waals surface area (Å²) in [5.74, 6) is 0. The molecule has 0 aliphatic carbocycles. The van der Waals surface area contributed by atoms with Crippen LogP contribution in [0.5, 0.6) is 0 Å². The van der Waals surface area contributed by atoms with Crippen LogP contribution in [-0.2, 0) is 9.47 Å². The zero-order valence-electron chi connectivity index (χ0n) is 11.7. The van der Waals surface area contributed by atoms with Gasteiger partial charge in [0.1, 0.15) is 5.60 Å². The third-order valence-corrected chi connectivity index (χ3v) is 2.04. The summed E-state index contributed by atoms with van der Waals surface area (Å²) >= 11 is 0. The van der Waals surface area contributed by atoms with Crippen LogP contribution in [-0.4, -0.2) is 37.1 Å². The fraction of sp³-hybridized carbons (Fsp3) is 0.714. The lowest BCUT2D eigenvalue weighted by Crippen LogP contribution is -2.36. The van der Waals surface area contributed by atoms with Crippen molar-refractivity contribution in [1.29, 1.82) is 0 Å². The summed E-state index contributed by atoms with van der Waals surface area (Å²) in [5.41, 5.74) is 1.50. The summed E-state index contributed by atoms with van der Waals surface area (Å²) in [6.45, 7) is 11.4. The molecule has 0 bridgehead atoms. The van der Waals surface area contributed by atoms with E-state index in [0.717, 1.165) is 0 Å². The molecular weight excluding hydrogens is 216 g/mol. The van der Waals surface area contributed by atoms with Crippen LogP contribution in [0.4, 0.5) is 0 Å². The molecule has 3 nitrogen and oxygen atoms in total. The van der Waals surface area contributed by atoms with Crippen LogP contribution >= 0.6 is 0 Å². The average molecular weight is 242 g/mol. The standard InChI is InChI=1S/C14H26O3/c1-12(2)6-8-16-10-14(5,15)11-17-9-7-13(3)4/h6-7,15H,8-11H2,1-5H3. The van der Waals surface area contributed by atoms with Crippen molar-refractivity contribution in [2.24, 2.45) is 0 Å². The molecule has 0 fully saturated rings. The summed E-state index contributed by atoms with van der Waals surface area (Å²) in [4.78, 5) is 0. The Morgan fingerprint density at radius 2 is 1.29 bits per heavy atom. The van der Waals surface area contributed by atoms with Gasteiger partial charge in [-0.3, -0.25) is 0 Å². The van der Waals surface area contributed by atoms with E-state index in [-0.39, 0.29) is 13.2 Å². The minimum Gasteiger partial charge on any atom is -0.385 e. The summed E-state index contributed by atoms with van der Waals surface area (Å²) in [5, 5.41) is 9.95. The van der Waals surface area contributed by atoms with Gasteiger partial charge in [-0.25, -0.2) is 0 Å². The van der Waals surface area contributed by atoms with Gasteiger partial charge in [0.05, 0.1) is 26.4 Å². The molecule has 0 radical (unpaired) electrons. The number of ether oxygens (including phenoxy) is 2. The Labute approximate surface area is 105 Å². The van der Waals surface area contributed by atoms with Crippen molar-refractivity contribution in [3.63, 3.8) is 0 Å². The van der Waals surface area contributed by atoms with E-state index < -0.39 is 5.60 Å². The number of rotatable bonds is 8. The van der Waals surface area contributed by atoms with Crippen molar-refractivity contribution < 1.29 is 14.6 Å². The molecule has 0 aromatic carbocycles. The van der Waals surface area contributed by atoms with Crippen molar-refractivity contribution in [3.8, 4) is 0 Å². The minimum absolute atomic E-state index is 0.283. The van der Waals surface area contributed by atoms with Gasteiger partial charge in [0.25, 0.3) is 0 Å². The molecule has 0 rings (SSSR count). The molecule has 0 spiro atoms. The Balaban J connectivity index is 3.72. The van der Waals surface area contributed by atoms with Gasteiger partial charge in [-0.15, -0.1) is 0 Å². The van der Waals surface area contributed by atoms with E-state index in [1.807, 2.05) is 39.8 Å². The van der Waals surface area contributed by atoms with Crippen LogP contribution < -0.4 is 0 Å². The van der Waals surface area contributed by atoms with Gasteiger partial charge in [-0.05, 0) is 34.6 Å². The second kappa shape index (κ2) is 8.45. The van der Waals surface area contributed by atoms with Crippen LogP contribution in [0.1, 0.15) is 34.6 Å². The molecule has 0 atom stereocenters. The van der Waals surface area contributed by atoms with Crippen molar-refractivity contribution >= 4 is 0 Å². The van der Waals surface area contributed by atoms with Crippen molar-refractivity contribution in [1.82, 2.24) is 0 Å². The van der Waals surface area contributed by atoms with Crippen LogP contribution in [0.15, 0.2) is 23.3 Å². The highest BCUT2D eigenvalue weighted by atomic mass is 16.5. The lowest BCUT2D eigenvalue weighted by molar-refractivity contribution is -0.0759. The summed E-state index contributed by atoms with van der Waals surface area (Å²) in [6.07, 6.45) is 3.97. The van der Waals surface area contributed by atoms with Crippen LogP contribution in [0.25, 0.3) is 0 Å². The van der Waals surface area contributed by atoms with Crippen LogP contribution in [0, 0.1) is 0 Å². The van der Waals surface area contributed by atoms with E-state index in [9.17, 15) is 5.11 Å². The summed E-state index contributed by atoms with van der Waals surface area (Å²) < 4.78 is 10.7. The molecule has 0 saturated heterocycles. The molecule has 0 unspecified atom stereocenters. The third-order valence-electron chi connectivity index (χ3n) is 2.04. The monoisotopic (exact) mass is 242 g/mol. The Bertz CT molecular complexity index is 231. The quantitative estimate of drug-likeness (QED) is 0.525. The van der Waals surface area contributed by atoms with Crippen LogP contribution in [0.2, 0.25) is 0 Å². The number of aliphatic hydroxyl groups is 1. The molecule has 0 aliphatic rings. The zero-order chi connectivity index (χ0) is 13.3. The zero-order valence-corrected chi connectivity index (χ0v) is 11.7. The molecule has 1 N–H and O–H groups in total. The topological polar surface area (TPSA) is 38.7 Å². The minimum atomic E-state index is -0.926. The first kappa shape index (κ1) is 16.4. The smallest absolute Gasteiger partial charge is 0.108 e. The van der Waals surface area contributed by atoms with Crippen molar-refractivity contribution in [3.05, 3.63) is 23.3 Å². The molecule has 0 saturated carbocycles. The van der Waals surface area contributed by atoms with Gasteiger partial charge < -0.3 is 14.6 Å². The Kier molecular flexibility index (Phi) is 8.13. The lowest BCUT2D eigenvalue weighted by Gasteiger charge is -2.22. The lowest BCUT2D eigenvalue weighted by atomic mass is 10.1. The van der Waals surface area contributed by atoms with E-state index in [2.05, 4.69) is 0 Å². The van der Waals surface area contributed by atoms with Crippen molar-refractivity contribution in [2.75, 3.05) is 26.4 Å². The van der Waals surface area contributed by atoms with E-state index in [0.29, 0.717) is 13.2 Å². The highest BCUT2D eigenvalue weighted by Crippen LogP contribution is 2.05. The van der Waals surface area contributed by atoms with Gasteiger partial charge in [-0.1, -0.05) is 23.3 Å². The predicted molar refractivity (Wildman–Crippen MR) is 71.1 cm³/mol. The third kappa shape index (κ3) is 11.6. The van der Waals surface area contributed by atoms with Gasteiger partial charge in [-0.2, -0.15) is 0 Å². The van der Waals surface area contributed by atoms with E-state index >= 15 is 0 Å². The molecule has 0 heterocycles. The molecule has 3 heteroatoms. The SMILES string of the molecule is CC(C)=CCOCC(C)(O)COCC=C(C)C. The van der Waals surface area contributed by atoms with Gasteiger partial charge in [0, 0.05) is 0 Å². The second-order valence-corrected chi connectivity index (χ2v) is 5.09. The fourth-order valence-electron chi connectivity index (χ4n) is 1.05. The van der Waals surface area contributed by atoms with Crippen molar-refractivity contribution in [2.45, 2.75) is 40.2 Å². The molecule has 0 aromatic rings. The Morgan fingerprint density at radius 1 is 0.941 bits per heavy atom. The first-order chi connectivity index (χ1) is 7.83. The van der Waals surface area contributed by atoms with Crippen LogP contribution in [0.3, 0.4) is 0 Å². The van der Waals surface area contributed by atoms with Gasteiger partial charge in [0.2, 0.25) is 0 Å². The average Bonchev–Trinajstić information content (AvgIpc) is 2.19. The molecule has 0 aromatic heterocycles. The Hall–Kier alpha value is -0.640. The number of allylic oxidation sites excluding steroid dienone is 2. The molecule has 0 aliphatic heterocycles. The number of hydrogen-bond acceptors (Lipinski definition) is 3. The predicted octanol–water partition coefficient (Wildman–Crippen LogP) is 2.70. The van der Waals surface area contributed by atoms with Gasteiger partial charge in [0.15, 0.2) is 0 Å². The normalized spacial score (nSPS) is 11.2. The Morgan fingerprint density at radius 3 is 1.59 bits per heavy atom. The summed E-state index contributed by atoms with van der Waals surface area (Å²) in [7, 11) is 0. The highest BCUT2D eigenvalue weighted by Gasteiger charge is 2.20. The highest BCUT2D eigenvalue weighted by molar-refractivity contribution is 4.93. The second-order valence-electron chi connectivity index (χ2n) is 5.09. The number of hydrogen-bond donors (Lipinski definition) is 1. The van der Waals surface area contributed by atoms with E-state index in [1.54, 1.807) is 6.92 Å². The van der Waals surface area contributed by atoms with E-state index in [1.165, 1.54) is 11.1 Å². The van der Waals surface area contributed by atoms with E-state index in [4.69, 9.17) is 9.47 Å². The largest absolute Gasteiger partial charge is 0.385 e. The first-order valence-corrected chi connectivity index (χ1v) is 5.98. The summed E-state index contributed by atoms with van der Waals surface area (Å²) in [6, 6.07) is 0. The molecular formula is C14H26O3. The van der Waals surface area contributed by atoms with Gasteiger partial charge >= 0.3 is 0 Å². The fourth-order valence-corrected chi connectivity index (χ4v) is 1.05. The molecule has 17 heavy (non-hydrogen) atoms. The molecule has 100 valence electrons.